The summed E-state index contributed by atoms with van der Waals surface area (Å²) < 4.78 is 32.8. The number of carbonyl (C=O) groups excluding carboxylic acids is 1. The number of hydrogen-bond acceptors (Lipinski definition) is 4. The normalized spacial score (nSPS) is 16.8. The number of methoxy groups -OCH3 is 1. The maximum Gasteiger partial charge on any atom is 0.246 e. The molecule has 1 fully saturated rings. The fourth-order valence-electron chi connectivity index (χ4n) is 2.99. The van der Waals surface area contributed by atoms with Crippen molar-refractivity contribution in [3.63, 3.8) is 0 Å². The van der Waals surface area contributed by atoms with E-state index < -0.39 is 10.0 Å². The molecule has 1 aromatic rings. The van der Waals surface area contributed by atoms with Gasteiger partial charge in [0.1, 0.15) is 10.6 Å². The Bertz CT molecular complexity index is 716. The Labute approximate surface area is 150 Å². The molecule has 1 aromatic carbocycles. The van der Waals surface area contributed by atoms with E-state index in [0.717, 1.165) is 5.56 Å². The standard InChI is InChI=1S/C18H28N2O4S/c1-14(2)12-18(21)19-8-5-9-20(11-10-19)25(22,23)17-13-15(3)6-7-16(17)24-4/h6-7,13-14H,5,8-12H2,1-4H3. The fraction of sp³-hybridized carbons (Fsp3) is 0.611. The summed E-state index contributed by atoms with van der Waals surface area (Å²) in [6, 6.07) is 5.14. The van der Waals surface area contributed by atoms with Crippen LogP contribution in [0.5, 0.6) is 5.75 Å². The van der Waals surface area contributed by atoms with Crippen molar-refractivity contribution < 1.29 is 17.9 Å². The molecule has 2 rings (SSSR count). The van der Waals surface area contributed by atoms with Gasteiger partial charge in [0.2, 0.25) is 15.9 Å². The topological polar surface area (TPSA) is 66.9 Å². The van der Waals surface area contributed by atoms with E-state index in [1.165, 1.54) is 11.4 Å². The van der Waals surface area contributed by atoms with E-state index in [1.54, 1.807) is 17.0 Å². The van der Waals surface area contributed by atoms with E-state index in [-0.39, 0.29) is 10.8 Å². The van der Waals surface area contributed by atoms with Crippen LogP contribution in [-0.2, 0) is 14.8 Å². The first-order chi connectivity index (χ1) is 11.8. The van der Waals surface area contributed by atoms with Crippen molar-refractivity contribution in [3.8, 4) is 5.75 Å². The third-order valence-corrected chi connectivity index (χ3v) is 6.25. The van der Waals surface area contributed by atoms with Crippen LogP contribution < -0.4 is 4.74 Å². The van der Waals surface area contributed by atoms with E-state index in [9.17, 15) is 13.2 Å². The summed E-state index contributed by atoms with van der Waals surface area (Å²) in [4.78, 5) is 14.2. The molecule has 6 nitrogen and oxygen atoms in total. The van der Waals surface area contributed by atoms with Crippen LogP contribution in [0.25, 0.3) is 0 Å². The van der Waals surface area contributed by atoms with Gasteiger partial charge in [-0.15, -0.1) is 0 Å². The Hall–Kier alpha value is -1.60. The molecule has 0 N–H and O–H groups in total. The van der Waals surface area contributed by atoms with E-state index in [2.05, 4.69) is 0 Å². The summed E-state index contributed by atoms with van der Waals surface area (Å²) >= 11 is 0. The molecular weight excluding hydrogens is 340 g/mol. The number of sulfonamides is 1. The Balaban J connectivity index is 2.19. The quantitative estimate of drug-likeness (QED) is 0.800. The zero-order valence-corrected chi connectivity index (χ0v) is 16.3. The van der Waals surface area contributed by atoms with Gasteiger partial charge >= 0.3 is 0 Å². The van der Waals surface area contributed by atoms with E-state index >= 15 is 0 Å². The molecule has 0 spiro atoms. The van der Waals surface area contributed by atoms with E-state index in [0.29, 0.717) is 50.7 Å². The summed E-state index contributed by atoms with van der Waals surface area (Å²) in [7, 11) is -2.18. The Morgan fingerprint density at radius 2 is 1.92 bits per heavy atom. The maximum atomic E-state index is 13.1. The van der Waals surface area contributed by atoms with Crippen molar-refractivity contribution in [2.75, 3.05) is 33.3 Å². The van der Waals surface area contributed by atoms with Crippen LogP contribution in [0.1, 0.15) is 32.3 Å². The highest BCUT2D eigenvalue weighted by Crippen LogP contribution is 2.28. The molecule has 0 aromatic heterocycles. The molecule has 0 aliphatic carbocycles. The van der Waals surface area contributed by atoms with E-state index in [1.807, 2.05) is 26.8 Å². The molecule has 1 aliphatic rings. The number of nitrogens with zero attached hydrogens (tertiary/aromatic N) is 2. The molecule has 1 aliphatic heterocycles. The maximum absolute atomic E-state index is 13.1. The lowest BCUT2D eigenvalue weighted by Gasteiger charge is -2.23. The molecular formula is C18H28N2O4S. The molecule has 1 heterocycles. The fourth-order valence-corrected chi connectivity index (χ4v) is 4.70. The largest absolute Gasteiger partial charge is 0.495 e. The number of aryl methyl sites for hydroxylation is 1. The van der Waals surface area contributed by atoms with Gasteiger partial charge in [-0.05, 0) is 37.0 Å². The lowest BCUT2D eigenvalue weighted by molar-refractivity contribution is -0.131. The Morgan fingerprint density at radius 1 is 1.20 bits per heavy atom. The number of rotatable bonds is 5. The first-order valence-corrected chi connectivity index (χ1v) is 10.1. The molecule has 140 valence electrons. The highest BCUT2D eigenvalue weighted by molar-refractivity contribution is 7.89. The van der Waals surface area contributed by atoms with Gasteiger partial charge < -0.3 is 9.64 Å². The molecule has 0 saturated carbocycles. The van der Waals surface area contributed by atoms with Crippen LogP contribution in [0.15, 0.2) is 23.1 Å². The molecule has 0 bridgehead atoms. The van der Waals surface area contributed by atoms with Gasteiger partial charge in [0.25, 0.3) is 0 Å². The summed E-state index contributed by atoms with van der Waals surface area (Å²) in [6.45, 7) is 7.62. The average molecular weight is 368 g/mol. The number of ether oxygens (including phenoxy) is 1. The lowest BCUT2D eigenvalue weighted by atomic mass is 10.1. The molecule has 1 amide bonds. The number of amides is 1. The second-order valence-corrected chi connectivity index (χ2v) is 8.80. The minimum absolute atomic E-state index is 0.0994. The Kier molecular flexibility index (Phi) is 6.46. The smallest absolute Gasteiger partial charge is 0.246 e. The molecule has 25 heavy (non-hydrogen) atoms. The minimum Gasteiger partial charge on any atom is -0.495 e. The Morgan fingerprint density at radius 3 is 2.56 bits per heavy atom. The number of benzene rings is 1. The van der Waals surface area contributed by atoms with Crippen LogP contribution in [0.2, 0.25) is 0 Å². The van der Waals surface area contributed by atoms with Gasteiger partial charge in [0.05, 0.1) is 7.11 Å². The van der Waals surface area contributed by atoms with Gasteiger partial charge in [-0.2, -0.15) is 4.31 Å². The first kappa shape index (κ1) is 19.7. The van der Waals surface area contributed by atoms with Crippen LogP contribution in [-0.4, -0.2) is 56.8 Å². The third kappa shape index (κ3) is 4.73. The van der Waals surface area contributed by atoms with Crippen LogP contribution in [0.3, 0.4) is 0 Å². The zero-order valence-electron chi connectivity index (χ0n) is 15.5. The predicted octanol–water partition coefficient (Wildman–Crippen LogP) is 2.27. The molecule has 7 heteroatoms. The van der Waals surface area contributed by atoms with Crippen LogP contribution in [0.4, 0.5) is 0 Å². The van der Waals surface area contributed by atoms with Crippen molar-refractivity contribution in [1.29, 1.82) is 0 Å². The lowest BCUT2D eigenvalue weighted by Crippen LogP contribution is -2.37. The van der Waals surface area contributed by atoms with Crippen LogP contribution >= 0.6 is 0 Å². The number of carbonyl (C=O) groups is 1. The van der Waals surface area contributed by atoms with Crippen molar-refractivity contribution in [1.82, 2.24) is 9.21 Å². The zero-order chi connectivity index (χ0) is 18.6. The second-order valence-electron chi connectivity index (χ2n) is 6.89. The monoisotopic (exact) mass is 368 g/mol. The van der Waals surface area contributed by atoms with Gasteiger partial charge in [0.15, 0.2) is 0 Å². The molecule has 1 saturated heterocycles. The highest BCUT2D eigenvalue weighted by atomic mass is 32.2. The number of hydrogen-bond donors (Lipinski definition) is 0. The second kappa shape index (κ2) is 8.19. The third-order valence-electron chi connectivity index (χ3n) is 4.33. The SMILES string of the molecule is COc1ccc(C)cc1S(=O)(=O)N1CCCN(C(=O)CC(C)C)CC1. The summed E-state index contributed by atoms with van der Waals surface area (Å²) in [5, 5.41) is 0. The minimum atomic E-state index is -3.65. The van der Waals surface area contributed by atoms with Gasteiger partial charge in [0, 0.05) is 32.6 Å². The van der Waals surface area contributed by atoms with Gasteiger partial charge in [-0.1, -0.05) is 19.9 Å². The molecule has 0 radical (unpaired) electrons. The van der Waals surface area contributed by atoms with E-state index in [4.69, 9.17) is 4.74 Å². The summed E-state index contributed by atoms with van der Waals surface area (Å²) in [5.74, 6) is 0.747. The summed E-state index contributed by atoms with van der Waals surface area (Å²) in [6.07, 6.45) is 1.13. The van der Waals surface area contributed by atoms with Gasteiger partial charge in [-0.3, -0.25) is 4.79 Å². The van der Waals surface area contributed by atoms with Crippen molar-refractivity contribution >= 4 is 15.9 Å². The molecule has 0 unspecified atom stereocenters. The molecule has 0 atom stereocenters. The van der Waals surface area contributed by atoms with Crippen molar-refractivity contribution in [2.45, 2.75) is 38.5 Å². The first-order valence-electron chi connectivity index (χ1n) is 8.68. The highest BCUT2D eigenvalue weighted by Gasteiger charge is 2.30. The van der Waals surface area contributed by atoms with Crippen LogP contribution in [0, 0.1) is 12.8 Å². The van der Waals surface area contributed by atoms with Crippen molar-refractivity contribution in [3.05, 3.63) is 23.8 Å². The average Bonchev–Trinajstić information content (AvgIpc) is 2.80. The predicted molar refractivity (Wildman–Crippen MR) is 97.1 cm³/mol. The van der Waals surface area contributed by atoms with Gasteiger partial charge in [-0.25, -0.2) is 8.42 Å². The summed E-state index contributed by atoms with van der Waals surface area (Å²) in [5.41, 5.74) is 0.864. The van der Waals surface area contributed by atoms with Crippen molar-refractivity contribution in [2.24, 2.45) is 5.92 Å².